The predicted octanol–water partition coefficient (Wildman–Crippen LogP) is 17.8. The fourth-order valence-electron chi connectivity index (χ4n) is 8.13. The van der Waals surface area contributed by atoms with Crippen LogP contribution in [0.1, 0.15) is 245 Å². The molecule has 0 radical (unpaired) electrons. The van der Waals surface area contributed by atoms with E-state index in [0.29, 0.717) is 23.9 Å². The van der Waals surface area contributed by atoms with Gasteiger partial charge in [0.25, 0.3) is 7.82 Å². The number of phosphoric ester groups is 1. The summed E-state index contributed by atoms with van der Waals surface area (Å²) in [6.45, 7) is 6.67. The number of unbranched alkanes of at least 4 members (excludes halogenated alkanes) is 24. The second-order valence-electron chi connectivity index (χ2n) is 21.1. The Labute approximate surface area is 456 Å². The molecule has 0 saturated heterocycles. The van der Waals surface area contributed by atoms with Crippen LogP contribution in [0.5, 0.6) is 0 Å². The Bertz CT molecular complexity index is 1590. The van der Waals surface area contributed by atoms with E-state index in [2.05, 4.69) is 111 Å². The normalized spacial score (nSPS) is 14.4. The van der Waals surface area contributed by atoms with E-state index in [4.69, 9.17) is 13.8 Å². The molecule has 0 fully saturated rings. The van der Waals surface area contributed by atoms with Crippen LogP contribution in [0.25, 0.3) is 0 Å². The van der Waals surface area contributed by atoms with Gasteiger partial charge in [-0.2, -0.15) is 0 Å². The fourth-order valence-corrected chi connectivity index (χ4v) is 8.85. The third-order valence-electron chi connectivity index (χ3n) is 12.8. The Morgan fingerprint density at radius 3 is 1.39 bits per heavy atom. The number of quaternary nitrogens is 1. The van der Waals surface area contributed by atoms with Crippen LogP contribution in [0.3, 0.4) is 0 Å². The van der Waals surface area contributed by atoms with E-state index >= 15 is 0 Å². The van der Waals surface area contributed by atoms with Crippen LogP contribution in [-0.4, -0.2) is 69.4 Å². The number of esters is 1. The lowest BCUT2D eigenvalue weighted by Crippen LogP contribution is -2.47. The maximum atomic E-state index is 13.5. The first kappa shape index (κ1) is 70.9. The molecule has 0 heterocycles. The van der Waals surface area contributed by atoms with Crippen LogP contribution in [0.2, 0.25) is 0 Å². The molecule has 0 saturated carbocycles. The standard InChI is InChI=1S/C64H113N2O7P/c1-7-10-13-16-19-22-25-27-29-31-32-33-34-35-37-39-42-45-48-51-54-57-64(68)73-62(55-52-49-46-43-40-24-21-18-15-12-9-3)61(60-72-74(69,70)71-59-58-66(4,5)6)65-63(67)56-53-50-47-44-41-38-36-30-28-26-23-20-17-14-11-8-2/h10,13,19,22,27,29-30,32-33,35-38,41,52,55,61-62H,7-9,11-12,14-18,20-21,23-26,28,31,34,39-40,42-51,53-54,56-60H2,1-6H3,(H-,65,67,69,70)/b13-10-,22-19-,29-27-,33-32-,36-30+,37-35-,41-38+,55-52+. The average Bonchev–Trinajstić information content (AvgIpc) is 3.36. The Morgan fingerprint density at radius 2 is 0.905 bits per heavy atom. The molecule has 0 aromatic rings. The molecular formula is C64H113N2O7P. The second kappa shape index (κ2) is 53.3. The van der Waals surface area contributed by atoms with Gasteiger partial charge in [-0.25, -0.2) is 0 Å². The number of carbonyl (C=O) groups excluding carboxylic acids is 2. The molecule has 1 N–H and O–H groups in total. The van der Waals surface area contributed by atoms with Crippen LogP contribution in [0.4, 0.5) is 0 Å². The predicted molar refractivity (Wildman–Crippen MR) is 316 cm³/mol. The third-order valence-corrected chi connectivity index (χ3v) is 13.7. The number of nitrogens with zero attached hydrogens (tertiary/aromatic N) is 1. The number of hydrogen-bond donors (Lipinski definition) is 1. The van der Waals surface area contributed by atoms with Gasteiger partial charge in [-0.15, -0.1) is 0 Å². The first-order valence-corrected chi connectivity index (χ1v) is 31.5. The number of amides is 1. The van der Waals surface area contributed by atoms with E-state index in [9.17, 15) is 19.0 Å². The second-order valence-corrected chi connectivity index (χ2v) is 22.6. The number of rotatable bonds is 53. The lowest BCUT2D eigenvalue weighted by atomic mass is 10.1. The van der Waals surface area contributed by atoms with Gasteiger partial charge < -0.3 is 28.5 Å². The van der Waals surface area contributed by atoms with Crippen LogP contribution in [0, 0.1) is 0 Å². The molecular weight excluding hydrogens is 940 g/mol. The van der Waals surface area contributed by atoms with Crippen molar-refractivity contribution in [2.75, 3.05) is 40.9 Å². The van der Waals surface area contributed by atoms with Crippen molar-refractivity contribution in [2.45, 2.75) is 258 Å². The van der Waals surface area contributed by atoms with Gasteiger partial charge in [0.05, 0.1) is 33.8 Å². The monoisotopic (exact) mass is 1050 g/mol. The van der Waals surface area contributed by atoms with Gasteiger partial charge in [-0.3, -0.25) is 14.2 Å². The van der Waals surface area contributed by atoms with Gasteiger partial charge in [0.1, 0.15) is 19.3 Å². The molecule has 0 spiro atoms. The highest BCUT2D eigenvalue weighted by Crippen LogP contribution is 2.38. The molecule has 0 aromatic heterocycles. The summed E-state index contributed by atoms with van der Waals surface area (Å²) in [5.74, 6) is -0.599. The van der Waals surface area contributed by atoms with E-state index in [1.165, 1.54) is 89.9 Å². The molecule has 0 bridgehead atoms. The molecule has 0 aliphatic rings. The zero-order chi connectivity index (χ0) is 54.3. The van der Waals surface area contributed by atoms with Crippen LogP contribution in [-0.2, 0) is 27.9 Å². The summed E-state index contributed by atoms with van der Waals surface area (Å²) in [6.07, 6.45) is 70.9. The molecule has 0 rings (SSSR count). The zero-order valence-corrected chi connectivity index (χ0v) is 49.4. The first-order valence-electron chi connectivity index (χ1n) is 30.1. The molecule has 1 amide bonds. The number of ether oxygens (including phenoxy) is 1. The molecule has 0 aliphatic heterocycles. The Balaban J connectivity index is 5.34. The summed E-state index contributed by atoms with van der Waals surface area (Å²) in [5, 5.41) is 3.00. The summed E-state index contributed by atoms with van der Waals surface area (Å²) in [6, 6.07) is -0.915. The molecule has 3 unspecified atom stereocenters. The average molecular weight is 1050 g/mol. The van der Waals surface area contributed by atoms with Gasteiger partial charge in [-0.05, 0) is 102 Å². The lowest BCUT2D eigenvalue weighted by molar-refractivity contribution is -0.870. The van der Waals surface area contributed by atoms with Gasteiger partial charge in [0, 0.05) is 12.8 Å². The van der Waals surface area contributed by atoms with Crippen molar-refractivity contribution in [3.05, 3.63) is 97.2 Å². The lowest BCUT2D eigenvalue weighted by Gasteiger charge is -2.30. The zero-order valence-electron chi connectivity index (χ0n) is 48.5. The van der Waals surface area contributed by atoms with Crippen molar-refractivity contribution in [1.29, 1.82) is 0 Å². The summed E-state index contributed by atoms with van der Waals surface area (Å²) < 4.78 is 30.2. The molecule has 3 atom stereocenters. The maximum absolute atomic E-state index is 13.5. The largest absolute Gasteiger partial charge is 0.756 e. The third kappa shape index (κ3) is 53.7. The number of hydrogen-bond acceptors (Lipinski definition) is 7. The van der Waals surface area contributed by atoms with E-state index in [-0.39, 0.29) is 31.3 Å². The van der Waals surface area contributed by atoms with E-state index in [0.717, 1.165) is 109 Å². The highest BCUT2D eigenvalue weighted by molar-refractivity contribution is 7.45. The highest BCUT2D eigenvalue weighted by atomic mass is 31.2. The Kier molecular flexibility index (Phi) is 51.1. The van der Waals surface area contributed by atoms with Gasteiger partial charge >= 0.3 is 5.97 Å². The molecule has 9 nitrogen and oxygen atoms in total. The Hall–Kier alpha value is -3.07. The maximum Gasteiger partial charge on any atom is 0.306 e. The minimum atomic E-state index is -4.71. The SMILES string of the molecule is CC/C=C\C/C=C\C/C=C\C/C=C\C/C=C\CCCCCCCC(=O)OC(/C=C/CCCCCCCCCCC)C(COP(=O)([O-])OCC[N+](C)(C)C)NC(=O)CCCCC/C=C/C=C/CCCCCCCCC. The van der Waals surface area contributed by atoms with E-state index < -0.39 is 26.6 Å². The smallest absolute Gasteiger partial charge is 0.306 e. The molecule has 426 valence electrons. The summed E-state index contributed by atoms with van der Waals surface area (Å²) in [7, 11) is 1.14. The van der Waals surface area contributed by atoms with Crippen molar-refractivity contribution < 1.29 is 37.3 Å². The van der Waals surface area contributed by atoms with Gasteiger partial charge in [0.15, 0.2) is 0 Å². The summed E-state index contributed by atoms with van der Waals surface area (Å²) >= 11 is 0. The first-order chi connectivity index (χ1) is 35.9. The highest BCUT2D eigenvalue weighted by Gasteiger charge is 2.27. The van der Waals surface area contributed by atoms with Crippen molar-refractivity contribution >= 4 is 19.7 Å². The van der Waals surface area contributed by atoms with Crippen molar-refractivity contribution in [2.24, 2.45) is 0 Å². The molecule has 0 aliphatic carbocycles. The number of likely N-dealkylation sites (N-methyl/N-ethyl adjacent to an activating group) is 1. The topological polar surface area (TPSA) is 114 Å². The number of allylic oxidation sites excluding steroid dienone is 15. The van der Waals surface area contributed by atoms with Crippen molar-refractivity contribution in [1.82, 2.24) is 5.32 Å². The molecule has 10 heteroatoms. The quantitative estimate of drug-likeness (QED) is 0.0161. The summed E-state index contributed by atoms with van der Waals surface area (Å²) in [4.78, 5) is 39.9. The number of carbonyl (C=O) groups is 2. The number of nitrogens with one attached hydrogen (secondary N) is 1. The minimum absolute atomic E-state index is 0.0352. The van der Waals surface area contributed by atoms with Crippen molar-refractivity contribution in [3.63, 3.8) is 0 Å². The molecule has 74 heavy (non-hydrogen) atoms. The van der Waals surface area contributed by atoms with Crippen molar-refractivity contribution in [3.8, 4) is 0 Å². The van der Waals surface area contributed by atoms with Crippen LogP contribution in [0.15, 0.2) is 97.2 Å². The Morgan fingerprint density at radius 1 is 0.500 bits per heavy atom. The van der Waals surface area contributed by atoms with E-state index in [1.54, 1.807) is 0 Å². The minimum Gasteiger partial charge on any atom is -0.756 e. The van der Waals surface area contributed by atoms with Crippen LogP contribution < -0.4 is 10.2 Å². The fraction of sp³-hybridized carbons (Fsp3) is 0.719. The summed E-state index contributed by atoms with van der Waals surface area (Å²) in [5.41, 5.74) is 0. The van der Waals surface area contributed by atoms with E-state index in [1.807, 2.05) is 33.3 Å². The van der Waals surface area contributed by atoms with Gasteiger partial charge in [-0.1, -0.05) is 227 Å². The number of phosphoric acid groups is 1. The molecule has 0 aromatic carbocycles. The van der Waals surface area contributed by atoms with Crippen LogP contribution >= 0.6 is 7.82 Å². The van der Waals surface area contributed by atoms with Gasteiger partial charge in [0.2, 0.25) is 5.91 Å².